The van der Waals surface area contributed by atoms with Crippen molar-refractivity contribution >= 4 is 50.0 Å². The first-order chi connectivity index (χ1) is 9.70. The Labute approximate surface area is 123 Å². The van der Waals surface area contributed by atoms with E-state index in [-0.39, 0.29) is 5.91 Å². The smallest absolute Gasteiger partial charge is 0.243 e. The van der Waals surface area contributed by atoms with Crippen LogP contribution in [0.4, 0.5) is 5.69 Å². The van der Waals surface area contributed by atoms with E-state index < -0.39 is 6.04 Å². The first-order valence-corrected chi connectivity index (χ1v) is 8.18. The summed E-state index contributed by atoms with van der Waals surface area (Å²) >= 11 is 3.18. The number of nitrogens with zero attached hydrogens (tertiary/aromatic N) is 2. The van der Waals surface area contributed by atoms with Crippen molar-refractivity contribution in [1.29, 1.82) is 0 Å². The Morgan fingerprint density at radius 1 is 1.45 bits per heavy atom. The minimum atomic E-state index is -0.409. The molecule has 0 bridgehead atoms. The number of rotatable bonds is 2. The van der Waals surface area contributed by atoms with Crippen LogP contribution in [0.15, 0.2) is 17.1 Å². The number of thioether (sulfide) groups is 1. The lowest BCUT2D eigenvalue weighted by molar-refractivity contribution is -0.118. The Hall–Kier alpha value is -1.60. The zero-order valence-corrected chi connectivity index (χ0v) is 12.2. The van der Waals surface area contributed by atoms with Crippen molar-refractivity contribution < 1.29 is 4.79 Å². The summed E-state index contributed by atoms with van der Waals surface area (Å²) in [6.45, 7) is 1.00. The molecule has 1 unspecified atom stereocenters. The number of carbonyl (C=O) groups excluding carboxylic acids is 1. The van der Waals surface area contributed by atoms with Crippen LogP contribution in [0, 0.1) is 0 Å². The first-order valence-electron chi connectivity index (χ1n) is 6.38. The van der Waals surface area contributed by atoms with Crippen molar-refractivity contribution in [3.05, 3.63) is 22.7 Å². The lowest BCUT2D eigenvalue weighted by Gasteiger charge is -1.97. The third-order valence-corrected chi connectivity index (χ3v) is 5.69. The zero-order valence-electron chi connectivity index (χ0n) is 10.5. The van der Waals surface area contributed by atoms with Crippen molar-refractivity contribution in [3.8, 4) is 0 Å². The summed E-state index contributed by atoms with van der Waals surface area (Å²) in [6, 6.07) is 3.90. The van der Waals surface area contributed by atoms with E-state index in [9.17, 15) is 4.79 Å². The molecule has 0 saturated heterocycles. The van der Waals surface area contributed by atoms with Gasteiger partial charge in [-0.1, -0.05) is 0 Å². The number of anilines is 1. The number of hydrogen-bond acceptors (Lipinski definition) is 6. The first kappa shape index (κ1) is 12.2. The predicted molar refractivity (Wildman–Crippen MR) is 83.8 cm³/mol. The van der Waals surface area contributed by atoms with Gasteiger partial charge in [0, 0.05) is 18.0 Å². The molecular formula is C13H12N4OS2. The monoisotopic (exact) mass is 304 g/mol. The quantitative estimate of drug-likeness (QED) is 0.883. The minimum Gasteiger partial charge on any atom is -0.384 e. The molecule has 2 aliphatic rings. The van der Waals surface area contributed by atoms with E-state index in [1.807, 2.05) is 0 Å². The molecule has 1 atom stereocenters. The van der Waals surface area contributed by atoms with Crippen LogP contribution in [0.25, 0.3) is 10.2 Å². The van der Waals surface area contributed by atoms with Gasteiger partial charge in [-0.2, -0.15) is 0 Å². The normalized spacial score (nSPS) is 20.8. The number of carbonyl (C=O) groups is 1. The van der Waals surface area contributed by atoms with Crippen LogP contribution in [0.2, 0.25) is 0 Å². The summed E-state index contributed by atoms with van der Waals surface area (Å²) < 4.78 is 1.15. The molecule has 1 aromatic carbocycles. The number of aliphatic imine (C=N–C) groups is 1. The Kier molecular flexibility index (Phi) is 2.71. The van der Waals surface area contributed by atoms with Crippen molar-refractivity contribution in [2.75, 3.05) is 17.6 Å². The molecule has 20 heavy (non-hydrogen) atoms. The number of thiazole rings is 1. The maximum absolute atomic E-state index is 11.2. The second-order valence-electron chi connectivity index (χ2n) is 4.84. The highest BCUT2D eigenvalue weighted by Crippen LogP contribution is 2.34. The molecule has 0 radical (unpaired) electrons. The number of amides is 1. The highest BCUT2D eigenvalue weighted by Gasteiger charge is 2.25. The van der Waals surface area contributed by atoms with Crippen molar-refractivity contribution in [2.24, 2.45) is 10.7 Å². The van der Waals surface area contributed by atoms with Crippen LogP contribution in [-0.4, -0.2) is 34.3 Å². The maximum Gasteiger partial charge on any atom is 0.243 e. The molecule has 1 amide bonds. The van der Waals surface area contributed by atoms with Crippen molar-refractivity contribution in [1.82, 2.24) is 4.98 Å². The molecule has 1 aromatic heterocycles. The summed E-state index contributed by atoms with van der Waals surface area (Å²) in [4.78, 5) is 20.2. The maximum atomic E-state index is 11.2. The molecule has 5 nitrogen and oxygen atoms in total. The largest absolute Gasteiger partial charge is 0.384 e. The van der Waals surface area contributed by atoms with Gasteiger partial charge in [0.05, 0.1) is 10.2 Å². The third kappa shape index (κ3) is 1.89. The second kappa shape index (κ2) is 4.46. The fourth-order valence-electron chi connectivity index (χ4n) is 2.45. The van der Waals surface area contributed by atoms with Gasteiger partial charge < -0.3 is 11.1 Å². The van der Waals surface area contributed by atoms with Crippen LogP contribution >= 0.6 is 23.1 Å². The molecule has 0 spiro atoms. The van der Waals surface area contributed by atoms with E-state index in [0.717, 1.165) is 33.2 Å². The molecule has 2 aliphatic heterocycles. The number of fused-ring (bicyclic) bond motifs is 2. The highest BCUT2D eigenvalue weighted by atomic mass is 32.2. The van der Waals surface area contributed by atoms with Gasteiger partial charge in [-0.3, -0.25) is 9.79 Å². The molecule has 0 aliphatic carbocycles. The van der Waals surface area contributed by atoms with Gasteiger partial charge in [0.15, 0.2) is 0 Å². The molecule has 3 heterocycles. The lowest BCUT2D eigenvalue weighted by Crippen LogP contribution is -2.26. The number of aromatic nitrogens is 1. The molecule has 0 saturated carbocycles. The Balaban J connectivity index is 1.75. The van der Waals surface area contributed by atoms with E-state index >= 15 is 0 Å². The average molecular weight is 304 g/mol. The fraction of sp³-hybridized carbons (Fsp3) is 0.308. The van der Waals surface area contributed by atoms with Crippen molar-refractivity contribution in [3.63, 3.8) is 0 Å². The Morgan fingerprint density at radius 3 is 3.15 bits per heavy atom. The standard InChI is InChI=1S/C13H12N4OS2/c14-11(18)9-5-19-12(17-9)13-16-8-3-6-1-2-15-7(6)4-10(8)20-13/h3-4,9,15H,1-2,5H2,(H2,14,18). The van der Waals surface area contributed by atoms with Crippen LogP contribution < -0.4 is 11.1 Å². The van der Waals surface area contributed by atoms with Crippen molar-refractivity contribution in [2.45, 2.75) is 12.5 Å². The predicted octanol–water partition coefficient (Wildman–Crippen LogP) is 1.61. The summed E-state index contributed by atoms with van der Waals surface area (Å²) in [5.74, 6) is 0.260. The highest BCUT2D eigenvalue weighted by molar-refractivity contribution is 8.15. The Morgan fingerprint density at radius 2 is 2.35 bits per heavy atom. The molecule has 0 fully saturated rings. The van der Waals surface area contributed by atoms with Gasteiger partial charge in [-0.25, -0.2) is 4.98 Å². The van der Waals surface area contributed by atoms with E-state index in [2.05, 4.69) is 27.4 Å². The molecule has 3 N–H and O–H groups in total. The third-order valence-electron chi connectivity index (χ3n) is 3.49. The van der Waals surface area contributed by atoms with Gasteiger partial charge in [-0.15, -0.1) is 23.1 Å². The van der Waals surface area contributed by atoms with Gasteiger partial charge in [-0.05, 0) is 24.1 Å². The van der Waals surface area contributed by atoms with Gasteiger partial charge in [0.25, 0.3) is 0 Å². The number of nitrogens with two attached hydrogens (primary N) is 1. The lowest BCUT2D eigenvalue weighted by atomic mass is 10.1. The van der Waals surface area contributed by atoms with Gasteiger partial charge in [0.2, 0.25) is 5.91 Å². The summed E-state index contributed by atoms with van der Waals surface area (Å²) in [7, 11) is 0. The summed E-state index contributed by atoms with van der Waals surface area (Å²) in [5.41, 5.74) is 8.84. The van der Waals surface area contributed by atoms with Crippen LogP contribution in [0.3, 0.4) is 0 Å². The summed E-state index contributed by atoms with van der Waals surface area (Å²) in [5, 5.41) is 5.10. The summed E-state index contributed by atoms with van der Waals surface area (Å²) in [6.07, 6.45) is 1.05. The molecule has 102 valence electrons. The fourth-order valence-corrected chi connectivity index (χ4v) is 4.55. The number of benzene rings is 1. The van der Waals surface area contributed by atoms with E-state index in [4.69, 9.17) is 5.73 Å². The van der Waals surface area contributed by atoms with Gasteiger partial charge >= 0.3 is 0 Å². The van der Waals surface area contributed by atoms with Crippen LogP contribution in [0.5, 0.6) is 0 Å². The van der Waals surface area contributed by atoms with Gasteiger partial charge in [0.1, 0.15) is 16.1 Å². The minimum absolute atomic E-state index is 0.364. The number of hydrogen-bond donors (Lipinski definition) is 2. The number of nitrogens with one attached hydrogen (secondary N) is 1. The van der Waals surface area contributed by atoms with E-state index in [1.165, 1.54) is 11.3 Å². The number of primary amides is 1. The topological polar surface area (TPSA) is 80.4 Å². The second-order valence-corrected chi connectivity index (χ2v) is 6.88. The SMILES string of the molecule is NC(=O)C1CSC(c2nc3cc4c(cc3s2)NCC4)=N1. The van der Waals surface area contributed by atoms with E-state index in [0.29, 0.717) is 5.75 Å². The van der Waals surface area contributed by atoms with Crippen LogP contribution in [0.1, 0.15) is 10.6 Å². The average Bonchev–Trinajstić information content (AvgIpc) is 3.13. The van der Waals surface area contributed by atoms with E-state index in [1.54, 1.807) is 23.1 Å². The van der Waals surface area contributed by atoms with Crippen LogP contribution in [-0.2, 0) is 11.2 Å². The molecule has 7 heteroatoms. The molecular weight excluding hydrogens is 292 g/mol. The zero-order chi connectivity index (χ0) is 13.7. The molecule has 2 aromatic rings. The molecule has 4 rings (SSSR count). The Bertz CT molecular complexity index is 711.